The van der Waals surface area contributed by atoms with E-state index in [-0.39, 0.29) is 5.41 Å². The van der Waals surface area contributed by atoms with Crippen LogP contribution in [0.2, 0.25) is 0 Å². The Kier molecular flexibility index (Phi) is 8.90. The third-order valence-corrected chi connectivity index (χ3v) is 22.0. The molecule has 9 aromatic carbocycles. The highest BCUT2D eigenvalue weighted by molar-refractivity contribution is 7.19. The first kappa shape index (κ1) is 39.9. The summed E-state index contributed by atoms with van der Waals surface area (Å²) in [5, 5.41) is 8.01. The van der Waals surface area contributed by atoms with Crippen molar-refractivity contribution in [2.45, 2.75) is 44.4 Å². The normalized spacial score (nSPS) is 21.0. The fourth-order valence-electron chi connectivity index (χ4n) is 15.0. The summed E-state index contributed by atoms with van der Waals surface area (Å²) >= 11 is 0. The number of hydrogen-bond acceptors (Lipinski definition) is 1. The summed E-state index contributed by atoms with van der Waals surface area (Å²) in [7, 11) is -2.78. The Morgan fingerprint density at radius 1 is 0.412 bits per heavy atom. The number of anilines is 3. The first-order valence-electron chi connectivity index (χ1n) is 24.9. The van der Waals surface area contributed by atoms with Gasteiger partial charge in [0, 0.05) is 27.6 Å². The molecule has 3 unspecified atom stereocenters. The average molecular weight is 891 g/mol. The average Bonchev–Trinajstić information content (AvgIpc) is 3.71. The molecule has 4 fully saturated rings. The molecule has 3 heteroatoms. The van der Waals surface area contributed by atoms with Crippen molar-refractivity contribution in [3.05, 3.63) is 242 Å². The highest BCUT2D eigenvalue weighted by Crippen LogP contribution is 2.72. The van der Waals surface area contributed by atoms with Gasteiger partial charge in [0.25, 0.3) is 0 Å². The molecule has 68 heavy (non-hydrogen) atoms. The lowest BCUT2D eigenvalue weighted by Gasteiger charge is -2.67. The lowest BCUT2D eigenvalue weighted by atomic mass is 9.38. The van der Waals surface area contributed by atoms with Crippen LogP contribution >= 0.6 is 0 Å². The van der Waals surface area contributed by atoms with E-state index in [9.17, 15) is 0 Å². The Morgan fingerprint density at radius 2 is 0.912 bits per heavy atom. The van der Waals surface area contributed by atoms with E-state index in [4.69, 9.17) is 0 Å². The van der Waals surface area contributed by atoms with Crippen LogP contribution in [0.1, 0.15) is 50.2 Å². The van der Waals surface area contributed by atoms with Gasteiger partial charge in [-0.05, 0) is 153 Å². The third-order valence-electron chi connectivity index (χ3n) is 17.2. The van der Waals surface area contributed by atoms with Gasteiger partial charge in [0.2, 0.25) is 0 Å². The second-order valence-electron chi connectivity index (χ2n) is 20.9. The summed E-state index contributed by atoms with van der Waals surface area (Å²) in [6.07, 6.45) is 6.81. The lowest BCUT2D eigenvalue weighted by molar-refractivity contribution is -0.0904. The number of hydrogen-bond donors (Lipinski definition) is 0. The molecular weight excluding hydrogens is 837 g/mol. The van der Waals surface area contributed by atoms with Gasteiger partial charge < -0.3 is 9.47 Å². The Labute approximate surface area is 401 Å². The molecule has 15 rings (SSSR count). The molecule has 1 aliphatic heterocycles. The van der Waals surface area contributed by atoms with Crippen LogP contribution in [-0.4, -0.2) is 12.6 Å². The second-order valence-corrected chi connectivity index (χ2v) is 24.7. The molecule has 4 atom stereocenters. The first-order valence-corrected chi connectivity index (χ1v) is 26.9. The molecule has 0 radical (unpaired) electrons. The van der Waals surface area contributed by atoms with Crippen molar-refractivity contribution in [2.24, 2.45) is 23.2 Å². The van der Waals surface area contributed by atoms with Crippen molar-refractivity contribution < 1.29 is 0 Å². The minimum absolute atomic E-state index is 0.0492. The largest absolute Gasteiger partial charge is 0.310 e. The molecule has 2 heterocycles. The quantitative estimate of drug-likeness (QED) is 0.114. The maximum Gasteiger partial charge on any atom is 0.179 e. The lowest BCUT2D eigenvalue weighted by Crippen LogP contribution is -2.74. The van der Waals surface area contributed by atoms with Crippen molar-refractivity contribution >= 4 is 67.7 Å². The third kappa shape index (κ3) is 5.69. The van der Waals surface area contributed by atoms with Crippen molar-refractivity contribution in [3.8, 4) is 16.8 Å². The molecule has 0 amide bonds. The summed E-state index contributed by atoms with van der Waals surface area (Å²) in [5.41, 5.74) is 13.6. The molecular formula is C65H54N2Si. The predicted octanol–water partition coefficient (Wildman–Crippen LogP) is 13.7. The van der Waals surface area contributed by atoms with Gasteiger partial charge in [-0.25, -0.2) is 0 Å². The van der Waals surface area contributed by atoms with Gasteiger partial charge in [-0.2, -0.15) is 0 Å². The van der Waals surface area contributed by atoms with Crippen LogP contribution in [0.15, 0.2) is 231 Å². The molecule has 328 valence electrons. The zero-order chi connectivity index (χ0) is 45.0. The zero-order valence-electron chi connectivity index (χ0n) is 38.6. The zero-order valence-corrected chi connectivity index (χ0v) is 39.6. The van der Waals surface area contributed by atoms with Gasteiger partial charge in [0.15, 0.2) is 8.07 Å². The molecule has 10 aromatic rings. The molecule has 4 aliphatic carbocycles. The molecule has 1 spiro atoms. The van der Waals surface area contributed by atoms with Gasteiger partial charge >= 0.3 is 0 Å². The van der Waals surface area contributed by atoms with Crippen molar-refractivity contribution in [1.29, 1.82) is 0 Å². The van der Waals surface area contributed by atoms with Gasteiger partial charge in [-0.3, -0.25) is 0 Å². The maximum atomic E-state index is 2.62. The van der Waals surface area contributed by atoms with Crippen LogP contribution in [0.4, 0.5) is 17.1 Å². The van der Waals surface area contributed by atoms with E-state index >= 15 is 0 Å². The van der Waals surface area contributed by atoms with Crippen LogP contribution in [0, 0.1) is 23.2 Å². The number of para-hydroxylation sites is 2. The first-order chi connectivity index (χ1) is 33.5. The molecule has 4 saturated carbocycles. The molecule has 0 saturated heterocycles. The summed E-state index contributed by atoms with van der Waals surface area (Å²) < 4.78 is 2.54. The Balaban J connectivity index is 0.993. The Hall–Kier alpha value is -7.20. The van der Waals surface area contributed by atoms with Crippen molar-refractivity contribution in [3.63, 3.8) is 0 Å². The number of aromatic nitrogens is 1. The Morgan fingerprint density at radius 3 is 1.49 bits per heavy atom. The molecule has 0 N–H and O–H groups in total. The van der Waals surface area contributed by atoms with E-state index in [1.54, 1.807) is 11.1 Å². The molecule has 4 bridgehead atoms. The number of nitrogens with zero attached hydrogens (tertiary/aromatic N) is 2. The van der Waals surface area contributed by atoms with E-state index in [2.05, 4.69) is 247 Å². The van der Waals surface area contributed by atoms with Crippen LogP contribution < -0.4 is 25.6 Å². The monoisotopic (exact) mass is 890 g/mol. The van der Waals surface area contributed by atoms with Crippen LogP contribution in [0.5, 0.6) is 0 Å². The minimum Gasteiger partial charge on any atom is -0.310 e. The topological polar surface area (TPSA) is 8.17 Å². The summed E-state index contributed by atoms with van der Waals surface area (Å²) in [6.45, 7) is 2.61. The minimum atomic E-state index is -2.78. The summed E-state index contributed by atoms with van der Waals surface area (Å²) in [4.78, 5) is 2.62. The van der Waals surface area contributed by atoms with Gasteiger partial charge in [0.1, 0.15) is 0 Å². The van der Waals surface area contributed by atoms with E-state index in [1.165, 1.54) is 109 Å². The van der Waals surface area contributed by atoms with E-state index in [1.807, 2.05) is 0 Å². The van der Waals surface area contributed by atoms with Crippen molar-refractivity contribution in [2.75, 3.05) is 4.90 Å². The smallest absolute Gasteiger partial charge is 0.179 e. The SMILES string of the molecule is CC12CC3CC(C1)C1(c4ccccc4N(c4ccc5c(c4)c4cc(-c6ccccc6)ccc4n5-c4cccc([Si](c5ccccc5)(c5ccccc5)c5ccccc5)c4)c4ccccc41)[C@@H](C3)C2. The van der Waals surface area contributed by atoms with Gasteiger partial charge in [0.05, 0.1) is 22.4 Å². The van der Waals surface area contributed by atoms with E-state index in [0.29, 0.717) is 17.3 Å². The number of benzene rings is 9. The van der Waals surface area contributed by atoms with E-state index < -0.39 is 8.07 Å². The van der Waals surface area contributed by atoms with Crippen LogP contribution in [-0.2, 0) is 5.41 Å². The van der Waals surface area contributed by atoms with Gasteiger partial charge in [-0.1, -0.05) is 183 Å². The molecule has 2 nitrogen and oxygen atoms in total. The second kappa shape index (κ2) is 15.2. The van der Waals surface area contributed by atoms with Crippen molar-refractivity contribution in [1.82, 2.24) is 4.57 Å². The molecule has 1 aromatic heterocycles. The van der Waals surface area contributed by atoms with Gasteiger partial charge in [-0.15, -0.1) is 0 Å². The fraction of sp³-hybridized carbons (Fsp3) is 0.169. The maximum absolute atomic E-state index is 2.78. The highest BCUT2D eigenvalue weighted by Gasteiger charge is 2.64. The standard InChI is InChI=1S/C65H54N2Si/c1-64-42-45-37-48(43-64)65(49(38-45)44-64)58-29-14-16-31-62(58)67(63-32-17-15-30-59(63)65)51-34-36-61-57(41-51)56-39-47(46-19-6-2-7-20-46)33-35-60(56)66(61)50-21-18-28-55(40-50)68(52-22-8-3-9-23-52,53-24-10-4-11-25-53)54-26-12-5-13-27-54/h2-36,39-41,45,48-49H,37-38,42-44H2,1H3/t45?,48-,49?,64?/m0/s1. The molecule has 5 aliphatic rings. The van der Waals surface area contributed by atoms with Crippen LogP contribution in [0.25, 0.3) is 38.6 Å². The number of fused-ring (bicyclic) bond motifs is 5. The van der Waals surface area contributed by atoms with Crippen LogP contribution in [0.3, 0.4) is 0 Å². The Bertz CT molecular complexity index is 3380. The van der Waals surface area contributed by atoms with E-state index in [0.717, 1.165) is 5.92 Å². The number of rotatable bonds is 7. The fourth-order valence-corrected chi connectivity index (χ4v) is 19.8. The summed E-state index contributed by atoms with van der Waals surface area (Å²) in [6, 6.07) is 87.8. The predicted molar refractivity (Wildman–Crippen MR) is 287 cm³/mol. The summed E-state index contributed by atoms with van der Waals surface area (Å²) in [5.74, 6) is 2.21. The highest BCUT2D eigenvalue weighted by atomic mass is 28.3.